The van der Waals surface area contributed by atoms with Gasteiger partial charge >= 0.3 is 6.03 Å². The van der Waals surface area contributed by atoms with Crippen molar-refractivity contribution in [3.63, 3.8) is 0 Å². The Labute approximate surface area is 183 Å². The summed E-state index contributed by atoms with van der Waals surface area (Å²) in [5.41, 5.74) is 2.15. The molecule has 8 heteroatoms. The summed E-state index contributed by atoms with van der Waals surface area (Å²) in [6.45, 7) is 1.65. The monoisotopic (exact) mass is 436 g/mol. The molecule has 0 saturated heterocycles. The largest absolute Gasteiger partial charge is 0.418 e. The van der Waals surface area contributed by atoms with E-state index in [4.69, 9.17) is 16.0 Å². The third kappa shape index (κ3) is 4.73. The number of nitrogens with one attached hydrogen (secondary N) is 2. The number of anilines is 1. The Morgan fingerprint density at radius 3 is 2.52 bits per heavy atom. The van der Waals surface area contributed by atoms with Crippen LogP contribution in [0.1, 0.15) is 23.1 Å². The number of hydrogen-bond donors (Lipinski definition) is 2. The Morgan fingerprint density at radius 2 is 1.77 bits per heavy atom. The van der Waals surface area contributed by atoms with Gasteiger partial charge in [-0.25, -0.2) is 9.18 Å². The molecule has 0 spiro atoms. The number of carbonyl (C=O) groups excluding carboxylic acids is 1. The maximum Gasteiger partial charge on any atom is 0.320 e. The SMILES string of the molecule is Cc1ccc(NC(=O)NC(c2ccccc2)c2nnc(-c3ccccc3Cl)o2)cc1F. The topological polar surface area (TPSA) is 80.0 Å². The minimum Gasteiger partial charge on any atom is -0.418 e. The number of amides is 2. The first-order chi connectivity index (χ1) is 15.0. The Balaban J connectivity index is 1.60. The van der Waals surface area contributed by atoms with Crippen molar-refractivity contribution in [2.24, 2.45) is 0 Å². The van der Waals surface area contributed by atoms with Crippen molar-refractivity contribution >= 4 is 23.3 Å². The number of aryl methyl sites for hydroxylation is 1. The molecule has 3 aromatic carbocycles. The molecule has 0 aliphatic carbocycles. The average molecular weight is 437 g/mol. The third-order valence-corrected chi connectivity index (χ3v) is 4.96. The van der Waals surface area contributed by atoms with Crippen LogP contribution < -0.4 is 10.6 Å². The van der Waals surface area contributed by atoms with Crippen LogP contribution in [0.3, 0.4) is 0 Å². The highest BCUT2D eigenvalue weighted by Crippen LogP contribution is 2.29. The first kappa shape index (κ1) is 20.6. The summed E-state index contributed by atoms with van der Waals surface area (Å²) in [6, 6.07) is 19.5. The van der Waals surface area contributed by atoms with E-state index in [1.54, 1.807) is 37.3 Å². The van der Waals surface area contributed by atoms with Crippen LogP contribution in [0.2, 0.25) is 5.02 Å². The molecule has 0 aliphatic rings. The number of halogens is 2. The first-order valence-corrected chi connectivity index (χ1v) is 9.86. The predicted molar refractivity (Wildman–Crippen MR) is 116 cm³/mol. The molecule has 0 saturated carbocycles. The lowest BCUT2D eigenvalue weighted by Crippen LogP contribution is -2.33. The maximum atomic E-state index is 13.8. The van der Waals surface area contributed by atoms with E-state index in [1.807, 2.05) is 36.4 Å². The lowest BCUT2D eigenvalue weighted by atomic mass is 10.1. The van der Waals surface area contributed by atoms with Gasteiger partial charge in [0.05, 0.1) is 10.6 Å². The van der Waals surface area contributed by atoms with Crippen LogP contribution in [-0.2, 0) is 0 Å². The number of urea groups is 1. The molecule has 0 fully saturated rings. The van der Waals surface area contributed by atoms with Crippen LogP contribution in [0, 0.1) is 12.7 Å². The molecular weight excluding hydrogens is 419 g/mol. The quantitative estimate of drug-likeness (QED) is 0.417. The molecule has 0 radical (unpaired) electrons. The van der Waals surface area contributed by atoms with Crippen LogP contribution in [-0.4, -0.2) is 16.2 Å². The Morgan fingerprint density at radius 1 is 1.03 bits per heavy atom. The summed E-state index contributed by atoms with van der Waals surface area (Å²) in [6.07, 6.45) is 0. The van der Waals surface area contributed by atoms with Gasteiger partial charge in [-0.05, 0) is 42.3 Å². The van der Waals surface area contributed by atoms with Crippen molar-refractivity contribution < 1.29 is 13.6 Å². The number of rotatable bonds is 5. The standard InChI is InChI=1S/C23H18ClFN4O2/c1-14-11-12-16(13-19(14)25)26-23(30)27-20(15-7-3-2-4-8-15)22-29-28-21(31-22)17-9-5-6-10-18(17)24/h2-13,20H,1H3,(H2,26,27,30). The van der Waals surface area contributed by atoms with Gasteiger partial charge in [0.15, 0.2) is 0 Å². The van der Waals surface area contributed by atoms with E-state index in [2.05, 4.69) is 20.8 Å². The second-order valence-corrected chi connectivity index (χ2v) is 7.24. The van der Waals surface area contributed by atoms with Gasteiger partial charge in [0.2, 0.25) is 11.8 Å². The minimum absolute atomic E-state index is 0.186. The van der Waals surface area contributed by atoms with Crippen LogP contribution in [0.5, 0.6) is 0 Å². The normalized spacial score (nSPS) is 11.7. The number of nitrogens with zero attached hydrogens (tertiary/aromatic N) is 2. The van der Waals surface area contributed by atoms with Crippen LogP contribution >= 0.6 is 11.6 Å². The zero-order chi connectivity index (χ0) is 21.8. The van der Waals surface area contributed by atoms with Crippen molar-refractivity contribution in [3.05, 3.63) is 101 Å². The van der Waals surface area contributed by atoms with E-state index >= 15 is 0 Å². The van der Waals surface area contributed by atoms with Gasteiger partial charge in [-0.3, -0.25) is 0 Å². The van der Waals surface area contributed by atoms with Gasteiger partial charge in [-0.2, -0.15) is 0 Å². The van der Waals surface area contributed by atoms with Crippen LogP contribution in [0.25, 0.3) is 11.5 Å². The summed E-state index contributed by atoms with van der Waals surface area (Å²) in [7, 11) is 0. The van der Waals surface area contributed by atoms with Gasteiger partial charge in [-0.15, -0.1) is 10.2 Å². The lowest BCUT2D eigenvalue weighted by molar-refractivity contribution is 0.248. The number of benzene rings is 3. The summed E-state index contributed by atoms with van der Waals surface area (Å²) >= 11 is 6.22. The highest BCUT2D eigenvalue weighted by atomic mass is 35.5. The predicted octanol–water partition coefficient (Wildman–Crippen LogP) is 5.75. The van der Waals surface area contributed by atoms with Gasteiger partial charge in [-0.1, -0.05) is 60.1 Å². The van der Waals surface area contributed by atoms with Crippen LogP contribution in [0.15, 0.2) is 77.2 Å². The highest BCUT2D eigenvalue weighted by Gasteiger charge is 2.24. The molecule has 4 rings (SSSR count). The van der Waals surface area contributed by atoms with E-state index in [0.717, 1.165) is 5.56 Å². The third-order valence-electron chi connectivity index (χ3n) is 4.63. The molecule has 156 valence electrons. The van der Waals surface area contributed by atoms with Gasteiger partial charge in [0.1, 0.15) is 11.9 Å². The van der Waals surface area contributed by atoms with Crippen LogP contribution in [0.4, 0.5) is 14.9 Å². The summed E-state index contributed by atoms with van der Waals surface area (Å²) in [5, 5.41) is 14.1. The van der Waals surface area contributed by atoms with Crippen molar-refractivity contribution in [2.75, 3.05) is 5.32 Å². The lowest BCUT2D eigenvalue weighted by Gasteiger charge is -2.16. The molecule has 0 aliphatic heterocycles. The first-order valence-electron chi connectivity index (χ1n) is 9.48. The molecule has 1 aromatic heterocycles. The molecular formula is C23H18ClFN4O2. The average Bonchev–Trinajstić information content (AvgIpc) is 3.25. The van der Waals surface area contributed by atoms with Gasteiger partial charge < -0.3 is 15.1 Å². The number of carbonyl (C=O) groups is 1. The molecule has 6 nitrogen and oxygen atoms in total. The van der Waals surface area contributed by atoms with E-state index < -0.39 is 17.9 Å². The fourth-order valence-electron chi connectivity index (χ4n) is 3.00. The van der Waals surface area contributed by atoms with E-state index in [9.17, 15) is 9.18 Å². The Kier molecular flexibility index (Phi) is 5.95. The minimum atomic E-state index is -0.722. The van der Waals surface area contributed by atoms with Crippen molar-refractivity contribution in [1.29, 1.82) is 0 Å². The zero-order valence-electron chi connectivity index (χ0n) is 16.5. The zero-order valence-corrected chi connectivity index (χ0v) is 17.2. The number of aromatic nitrogens is 2. The fourth-order valence-corrected chi connectivity index (χ4v) is 3.21. The second-order valence-electron chi connectivity index (χ2n) is 6.83. The molecule has 31 heavy (non-hydrogen) atoms. The Bertz CT molecular complexity index is 1210. The molecule has 4 aromatic rings. The molecule has 0 bridgehead atoms. The Hall–Kier alpha value is -3.71. The summed E-state index contributed by atoms with van der Waals surface area (Å²) in [4.78, 5) is 12.6. The smallest absolute Gasteiger partial charge is 0.320 e. The fraction of sp³-hybridized carbons (Fsp3) is 0.0870. The van der Waals surface area contributed by atoms with Gasteiger partial charge in [0, 0.05) is 5.69 Å². The molecule has 2 N–H and O–H groups in total. The summed E-state index contributed by atoms with van der Waals surface area (Å²) in [5.74, 6) is 0.0226. The highest BCUT2D eigenvalue weighted by molar-refractivity contribution is 6.33. The summed E-state index contributed by atoms with van der Waals surface area (Å²) < 4.78 is 19.6. The van der Waals surface area contributed by atoms with E-state index in [0.29, 0.717) is 21.8 Å². The second kappa shape index (κ2) is 8.97. The van der Waals surface area contributed by atoms with E-state index in [1.165, 1.54) is 6.07 Å². The number of hydrogen-bond acceptors (Lipinski definition) is 4. The molecule has 1 atom stereocenters. The molecule has 2 amide bonds. The van der Waals surface area contributed by atoms with Gasteiger partial charge in [0.25, 0.3) is 0 Å². The van der Waals surface area contributed by atoms with Crippen molar-refractivity contribution in [3.8, 4) is 11.5 Å². The van der Waals surface area contributed by atoms with Crippen molar-refractivity contribution in [2.45, 2.75) is 13.0 Å². The molecule has 1 heterocycles. The van der Waals surface area contributed by atoms with Crippen molar-refractivity contribution in [1.82, 2.24) is 15.5 Å². The maximum absolute atomic E-state index is 13.8. The molecule has 1 unspecified atom stereocenters. The van der Waals surface area contributed by atoms with E-state index in [-0.39, 0.29) is 11.8 Å².